The Morgan fingerprint density at radius 1 is 1.35 bits per heavy atom. The van der Waals surface area contributed by atoms with Gasteiger partial charge in [-0.2, -0.15) is 18.3 Å². The second-order valence-corrected chi connectivity index (χ2v) is 5.46. The van der Waals surface area contributed by atoms with E-state index in [4.69, 9.17) is 0 Å². The van der Waals surface area contributed by atoms with Crippen LogP contribution in [0.4, 0.5) is 13.2 Å². The van der Waals surface area contributed by atoms with Crippen molar-refractivity contribution < 1.29 is 13.2 Å². The van der Waals surface area contributed by atoms with Gasteiger partial charge < -0.3 is 5.32 Å². The van der Waals surface area contributed by atoms with Gasteiger partial charge in [0.25, 0.3) is 0 Å². The first kappa shape index (κ1) is 15.3. The van der Waals surface area contributed by atoms with Crippen LogP contribution < -0.4 is 5.32 Å². The normalized spacial score (nSPS) is 18.6. The van der Waals surface area contributed by atoms with Gasteiger partial charge in [0.1, 0.15) is 0 Å². The third kappa shape index (κ3) is 4.49. The largest absolute Gasteiger partial charge is 0.401 e. The van der Waals surface area contributed by atoms with Crippen molar-refractivity contribution >= 4 is 0 Å². The molecule has 4 nitrogen and oxygen atoms in total. The molecule has 2 heterocycles. The lowest BCUT2D eigenvalue weighted by Crippen LogP contribution is -2.45. The van der Waals surface area contributed by atoms with Crippen molar-refractivity contribution in [1.29, 1.82) is 0 Å². The van der Waals surface area contributed by atoms with Gasteiger partial charge in [0.05, 0.1) is 12.2 Å². The smallest absolute Gasteiger partial charge is 0.310 e. The molecule has 1 aromatic rings. The van der Waals surface area contributed by atoms with Crippen LogP contribution in [0, 0.1) is 6.92 Å². The van der Waals surface area contributed by atoms with Crippen LogP contribution in [0.2, 0.25) is 0 Å². The first-order valence-corrected chi connectivity index (χ1v) is 6.85. The number of likely N-dealkylation sites (tertiary alicyclic amines) is 1. The van der Waals surface area contributed by atoms with E-state index in [1.807, 2.05) is 20.2 Å². The Morgan fingerprint density at radius 2 is 2.00 bits per heavy atom. The van der Waals surface area contributed by atoms with E-state index in [-0.39, 0.29) is 0 Å². The molecular weight excluding hydrogens is 269 g/mol. The van der Waals surface area contributed by atoms with Crippen LogP contribution in [0.3, 0.4) is 0 Å². The Labute approximate surface area is 116 Å². The molecule has 0 aromatic carbocycles. The van der Waals surface area contributed by atoms with E-state index in [0.29, 0.717) is 19.1 Å². The zero-order valence-corrected chi connectivity index (χ0v) is 11.9. The molecule has 0 aliphatic carbocycles. The second kappa shape index (κ2) is 6.13. The van der Waals surface area contributed by atoms with Gasteiger partial charge in [-0.15, -0.1) is 0 Å². The molecule has 114 valence electrons. The number of nitrogens with one attached hydrogen (secondary N) is 1. The van der Waals surface area contributed by atoms with Gasteiger partial charge in [0.15, 0.2) is 0 Å². The van der Waals surface area contributed by atoms with Crippen LogP contribution >= 0.6 is 0 Å². The highest BCUT2D eigenvalue weighted by molar-refractivity contribution is 5.14. The van der Waals surface area contributed by atoms with E-state index in [0.717, 1.165) is 30.6 Å². The molecule has 0 spiro atoms. The maximum absolute atomic E-state index is 12.3. The summed E-state index contributed by atoms with van der Waals surface area (Å²) in [4.78, 5) is 1.48. The van der Waals surface area contributed by atoms with Gasteiger partial charge in [0.2, 0.25) is 0 Å². The molecule has 1 aromatic heterocycles. The number of nitrogens with zero attached hydrogens (tertiary/aromatic N) is 3. The van der Waals surface area contributed by atoms with Crippen LogP contribution in [0.15, 0.2) is 6.20 Å². The predicted octanol–water partition coefficient (Wildman–Crippen LogP) is 1.84. The summed E-state index contributed by atoms with van der Waals surface area (Å²) in [6.07, 6.45) is -0.598. The quantitative estimate of drug-likeness (QED) is 0.918. The molecule has 0 atom stereocenters. The number of piperidine rings is 1. The summed E-state index contributed by atoms with van der Waals surface area (Å²) in [7, 11) is 1.88. The summed E-state index contributed by atoms with van der Waals surface area (Å²) in [5.74, 6) is 0. The van der Waals surface area contributed by atoms with Crippen molar-refractivity contribution in [2.75, 3.05) is 19.6 Å². The molecular formula is C13H21F3N4. The molecule has 1 saturated heterocycles. The fourth-order valence-corrected chi connectivity index (χ4v) is 2.63. The number of aryl methyl sites for hydroxylation is 2. The van der Waals surface area contributed by atoms with Crippen molar-refractivity contribution in [1.82, 2.24) is 20.0 Å². The summed E-state index contributed by atoms with van der Waals surface area (Å²) in [5, 5.41) is 7.68. The van der Waals surface area contributed by atoms with Crippen LogP contribution in [0.5, 0.6) is 0 Å². The van der Waals surface area contributed by atoms with Gasteiger partial charge in [-0.1, -0.05) is 0 Å². The molecule has 1 N–H and O–H groups in total. The highest BCUT2D eigenvalue weighted by Gasteiger charge is 2.32. The maximum Gasteiger partial charge on any atom is 0.401 e. The summed E-state index contributed by atoms with van der Waals surface area (Å²) >= 11 is 0. The SMILES string of the molecule is Cc1nn(C)cc1CNC1CCN(CC(F)(F)F)CC1. The molecule has 7 heteroatoms. The molecule has 2 rings (SSSR count). The Kier molecular flexibility index (Phi) is 4.70. The number of halogens is 3. The van der Waals surface area contributed by atoms with E-state index in [1.54, 1.807) is 4.68 Å². The van der Waals surface area contributed by atoms with Crippen LogP contribution in [-0.2, 0) is 13.6 Å². The lowest BCUT2D eigenvalue weighted by Gasteiger charge is -2.32. The van der Waals surface area contributed by atoms with Gasteiger partial charge in [-0.25, -0.2) is 0 Å². The van der Waals surface area contributed by atoms with E-state index >= 15 is 0 Å². The summed E-state index contributed by atoms with van der Waals surface area (Å²) < 4.78 is 38.6. The third-order valence-corrected chi connectivity index (χ3v) is 3.69. The number of hydrogen-bond donors (Lipinski definition) is 1. The highest BCUT2D eigenvalue weighted by Crippen LogP contribution is 2.20. The average molecular weight is 290 g/mol. The minimum absolute atomic E-state index is 0.291. The Hall–Kier alpha value is -1.08. The summed E-state index contributed by atoms with van der Waals surface area (Å²) in [6, 6.07) is 0.291. The van der Waals surface area contributed by atoms with E-state index < -0.39 is 12.7 Å². The first-order chi connectivity index (χ1) is 9.33. The van der Waals surface area contributed by atoms with Crippen LogP contribution in [0.25, 0.3) is 0 Å². The molecule has 0 bridgehead atoms. The van der Waals surface area contributed by atoms with Gasteiger partial charge >= 0.3 is 6.18 Å². The molecule has 1 aliphatic heterocycles. The van der Waals surface area contributed by atoms with Gasteiger partial charge in [-0.05, 0) is 32.9 Å². The summed E-state index contributed by atoms with van der Waals surface area (Å²) in [5.41, 5.74) is 2.14. The van der Waals surface area contributed by atoms with Crippen LogP contribution in [-0.4, -0.2) is 46.5 Å². The molecule has 0 amide bonds. The summed E-state index contributed by atoms with van der Waals surface area (Å²) in [6.45, 7) is 2.90. The fraction of sp³-hybridized carbons (Fsp3) is 0.769. The molecule has 20 heavy (non-hydrogen) atoms. The lowest BCUT2D eigenvalue weighted by molar-refractivity contribution is -0.148. The lowest BCUT2D eigenvalue weighted by atomic mass is 10.0. The third-order valence-electron chi connectivity index (χ3n) is 3.69. The molecule has 1 aliphatic rings. The van der Waals surface area contributed by atoms with Crippen molar-refractivity contribution in [3.05, 3.63) is 17.5 Å². The molecule has 1 fully saturated rings. The van der Waals surface area contributed by atoms with Gasteiger partial charge in [-0.3, -0.25) is 9.58 Å². The maximum atomic E-state index is 12.3. The number of aromatic nitrogens is 2. The van der Waals surface area contributed by atoms with E-state index in [1.165, 1.54) is 4.90 Å². The number of alkyl halides is 3. The number of rotatable bonds is 4. The minimum atomic E-state index is -4.09. The van der Waals surface area contributed by atoms with E-state index in [9.17, 15) is 13.2 Å². The van der Waals surface area contributed by atoms with E-state index in [2.05, 4.69) is 10.4 Å². The molecule has 0 radical (unpaired) electrons. The monoisotopic (exact) mass is 290 g/mol. The zero-order chi connectivity index (χ0) is 14.8. The Bertz CT molecular complexity index is 433. The predicted molar refractivity (Wildman–Crippen MR) is 70.3 cm³/mol. The highest BCUT2D eigenvalue weighted by atomic mass is 19.4. The van der Waals surface area contributed by atoms with Crippen LogP contribution in [0.1, 0.15) is 24.1 Å². The minimum Gasteiger partial charge on any atom is -0.310 e. The van der Waals surface area contributed by atoms with Crippen molar-refractivity contribution in [3.8, 4) is 0 Å². The molecule has 0 saturated carbocycles. The Morgan fingerprint density at radius 3 is 2.50 bits per heavy atom. The topological polar surface area (TPSA) is 33.1 Å². The van der Waals surface area contributed by atoms with Crippen molar-refractivity contribution in [2.24, 2.45) is 7.05 Å². The zero-order valence-electron chi connectivity index (χ0n) is 11.9. The van der Waals surface area contributed by atoms with Crippen molar-refractivity contribution in [2.45, 2.75) is 38.5 Å². The average Bonchev–Trinajstić information content (AvgIpc) is 2.65. The second-order valence-electron chi connectivity index (χ2n) is 5.46. The first-order valence-electron chi connectivity index (χ1n) is 6.85. The Balaban J connectivity index is 1.73. The van der Waals surface area contributed by atoms with Gasteiger partial charge in [0, 0.05) is 31.4 Å². The van der Waals surface area contributed by atoms with Crippen molar-refractivity contribution in [3.63, 3.8) is 0 Å². The number of hydrogen-bond acceptors (Lipinski definition) is 3. The fourth-order valence-electron chi connectivity index (χ4n) is 2.63. The molecule has 0 unspecified atom stereocenters. The standard InChI is InChI=1S/C13H21F3N4/c1-10-11(8-19(2)18-10)7-17-12-3-5-20(6-4-12)9-13(14,15)16/h8,12,17H,3-7,9H2,1-2H3.